The molecule has 3 rings (SSSR count). The lowest BCUT2D eigenvalue weighted by atomic mass is 10.2. The number of anilines is 4. The van der Waals surface area contributed by atoms with E-state index < -0.39 is 35.3 Å². The molecule has 0 aliphatic rings. The third-order valence-electron chi connectivity index (χ3n) is 3.72. The number of pyridine rings is 1. The third-order valence-corrected chi connectivity index (χ3v) is 5.03. The molecule has 170 valence electrons. The monoisotopic (exact) mass is 490 g/mol. The van der Waals surface area contributed by atoms with Gasteiger partial charge in [0.15, 0.2) is 6.61 Å². The van der Waals surface area contributed by atoms with Crippen LogP contribution in [0.3, 0.4) is 0 Å². The molecule has 3 N–H and O–H groups in total. The van der Waals surface area contributed by atoms with E-state index in [2.05, 4.69) is 30.3 Å². The van der Waals surface area contributed by atoms with Crippen LogP contribution in [-0.4, -0.2) is 39.0 Å². The van der Waals surface area contributed by atoms with Crippen molar-refractivity contribution in [3.05, 3.63) is 53.7 Å². The summed E-state index contributed by atoms with van der Waals surface area (Å²) in [5.74, 6) is -0.567. The highest BCUT2D eigenvalue weighted by Gasteiger charge is 2.29. The Labute approximate surface area is 187 Å². The van der Waals surface area contributed by atoms with Crippen LogP contribution in [0.4, 0.5) is 40.7 Å². The zero-order valence-corrected chi connectivity index (χ0v) is 17.8. The third kappa shape index (κ3) is 6.48. The van der Waals surface area contributed by atoms with Gasteiger partial charge in [-0.1, -0.05) is 11.6 Å². The Kier molecular flexibility index (Phi) is 7.43. The standard InChI is InChI=1S/C18H15ClF4N6O2S/c1-24-32(30)14-5-12(13(4-11(14)20)31-8-18(21,22)23)28-16-6-17(27-9-26-16)29-15-3-2-10(19)7-25-15/h2-7,9,24H,8H2,1H3,(H2,25,26,27,28,29). The molecule has 2 aromatic heterocycles. The van der Waals surface area contributed by atoms with Crippen LogP contribution in [0, 0.1) is 5.82 Å². The van der Waals surface area contributed by atoms with Crippen LogP contribution in [0.25, 0.3) is 0 Å². The molecule has 8 nitrogen and oxygen atoms in total. The average molecular weight is 491 g/mol. The second-order valence-electron chi connectivity index (χ2n) is 6.06. The summed E-state index contributed by atoms with van der Waals surface area (Å²) in [6.07, 6.45) is -2.03. The number of ether oxygens (including phenoxy) is 1. The number of nitrogens with zero attached hydrogens (tertiary/aromatic N) is 3. The van der Waals surface area contributed by atoms with E-state index in [9.17, 15) is 21.8 Å². The van der Waals surface area contributed by atoms with Crippen LogP contribution in [0.1, 0.15) is 0 Å². The molecule has 0 amide bonds. The van der Waals surface area contributed by atoms with Crippen molar-refractivity contribution in [3.63, 3.8) is 0 Å². The summed E-state index contributed by atoms with van der Waals surface area (Å²) in [7, 11) is -0.602. The molecule has 0 aliphatic heterocycles. The van der Waals surface area contributed by atoms with Gasteiger partial charge in [-0.25, -0.2) is 28.3 Å². The van der Waals surface area contributed by atoms with Crippen molar-refractivity contribution in [1.82, 2.24) is 19.7 Å². The van der Waals surface area contributed by atoms with Crippen LogP contribution >= 0.6 is 11.6 Å². The minimum atomic E-state index is -4.64. The molecule has 2 heterocycles. The summed E-state index contributed by atoms with van der Waals surface area (Å²) in [6.45, 7) is -1.64. The van der Waals surface area contributed by atoms with E-state index in [0.717, 1.165) is 12.1 Å². The Morgan fingerprint density at radius 1 is 1.06 bits per heavy atom. The Hall–Kier alpha value is -3.03. The molecular formula is C18H15ClF4N6O2S. The van der Waals surface area contributed by atoms with Crippen molar-refractivity contribution in [3.8, 4) is 5.75 Å². The number of halogens is 5. The maximum atomic E-state index is 14.3. The first-order chi connectivity index (χ1) is 15.1. The van der Waals surface area contributed by atoms with Gasteiger partial charge < -0.3 is 15.4 Å². The molecule has 0 radical (unpaired) electrons. The van der Waals surface area contributed by atoms with Crippen LogP contribution in [0.15, 0.2) is 47.8 Å². The first kappa shape index (κ1) is 23.6. The van der Waals surface area contributed by atoms with Crippen molar-refractivity contribution in [1.29, 1.82) is 0 Å². The van der Waals surface area contributed by atoms with Gasteiger partial charge in [0, 0.05) is 18.3 Å². The summed E-state index contributed by atoms with van der Waals surface area (Å²) in [5, 5.41) is 6.08. The zero-order chi connectivity index (χ0) is 23.3. The molecule has 0 aliphatic carbocycles. The minimum absolute atomic E-state index is 0.0801. The molecule has 0 saturated heterocycles. The maximum absolute atomic E-state index is 14.3. The van der Waals surface area contributed by atoms with Crippen molar-refractivity contribution < 1.29 is 26.5 Å². The predicted molar refractivity (Wildman–Crippen MR) is 111 cm³/mol. The molecule has 14 heteroatoms. The average Bonchev–Trinajstić information content (AvgIpc) is 2.74. The van der Waals surface area contributed by atoms with Gasteiger partial charge in [-0.05, 0) is 25.2 Å². The van der Waals surface area contributed by atoms with E-state index in [1.807, 2.05) is 0 Å². The van der Waals surface area contributed by atoms with Crippen molar-refractivity contribution >= 4 is 45.7 Å². The minimum Gasteiger partial charge on any atom is -0.482 e. The van der Waals surface area contributed by atoms with Gasteiger partial charge in [0.1, 0.15) is 46.3 Å². The molecule has 0 saturated carbocycles. The van der Waals surface area contributed by atoms with Gasteiger partial charge in [0.2, 0.25) is 0 Å². The number of hydrogen-bond donors (Lipinski definition) is 3. The van der Waals surface area contributed by atoms with Crippen LogP contribution in [0.2, 0.25) is 5.02 Å². The highest BCUT2D eigenvalue weighted by Crippen LogP contribution is 2.33. The smallest absolute Gasteiger partial charge is 0.422 e. The molecule has 32 heavy (non-hydrogen) atoms. The first-order valence-corrected chi connectivity index (χ1v) is 10.3. The maximum Gasteiger partial charge on any atom is 0.422 e. The van der Waals surface area contributed by atoms with E-state index in [-0.39, 0.29) is 16.4 Å². The van der Waals surface area contributed by atoms with Crippen LogP contribution < -0.4 is 20.1 Å². The molecule has 1 unspecified atom stereocenters. The summed E-state index contributed by atoms with van der Waals surface area (Å²) < 4.78 is 71.2. The molecular weight excluding hydrogens is 476 g/mol. The Morgan fingerprint density at radius 3 is 2.41 bits per heavy atom. The fourth-order valence-corrected chi connectivity index (χ4v) is 3.17. The highest BCUT2D eigenvalue weighted by molar-refractivity contribution is 7.83. The zero-order valence-electron chi connectivity index (χ0n) is 16.2. The summed E-state index contributed by atoms with van der Waals surface area (Å²) in [4.78, 5) is 11.8. The normalized spacial score (nSPS) is 12.3. The van der Waals surface area contributed by atoms with Gasteiger partial charge in [0.25, 0.3) is 0 Å². The summed E-state index contributed by atoms with van der Waals surface area (Å²) >= 11 is 5.79. The Morgan fingerprint density at radius 2 is 1.78 bits per heavy atom. The van der Waals surface area contributed by atoms with E-state index in [1.165, 1.54) is 25.6 Å². The van der Waals surface area contributed by atoms with E-state index >= 15 is 0 Å². The van der Waals surface area contributed by atoms with Crippen molar-refractivity contribution in [2.75, 3.05) is 24.3 Å². The lowest BCUT2D eigenvalue weighted by Gasteiger charge is -2.16. The molecule has 3 aromatic rings. The first-order valence-electron chi connectivity index (χ1n) is 8.74. The van der Waals surface area contributed by atoms with Crippen LogP contribution in [-0.2, 0) is 11.0 Å². The van der Waals surface area contributed by atoms with Gasteiger partial charge in [-0.2, -0.15) is 13.2 Å². The van der Waals surface area contributed by atoms with Gasteiger partial charge >= 0.3 is 6.18 Å². The van der Waals surface area contributed by atoms with Gasteiger partial charge in [-0.3, -0.25) is 0 Å². The number of benzene rings is 1. The number of rotatable bonds is 8. The largest absolute Gasteiger partial charge is 0.482 e. The predicted octanol–water partition coefficient (Wildman–Crippen LogP) is 4.33. The second kappa shape index (κ2) is 10.1. The second-order valence-corrected chi connectivity index (χ2v) is 7.88. The Balaban J connectivity index is 1.90. The number of nitrogens with one attached hydrogen (secondary N) is 3. The van der Waals surface area contributed by atoms with E-state index in [4.69, 9.17) is 16.3 Å². The van der Waals surface area contributed by atoms with E-state index in [1.54, 1.807) is 12.1 Å². The van der Waals surface area contributed by atoms with Gasteiger partial charge in [0.05, 0.1) is 15.6 Å². The molecule has 0 spiro atoms. The molecule has 1 aromatic carbocycles. The van der Waals surface area contributed by atoms with E-state index in [0.29, 0.717) is 16.7 Å². The SMILES string of the molecule is CNS(=O)c1cc(Nc2cc(Nc3ccc(Cl)cn3)ncn2)c(OCC(F)(F)F)cc1F. The van der Waals surface area contributed by atoms with Crippen molar-refractivity contribution in [2.45, 2.75) is 11.1 Å². The lowest BCUT2D eigenvalue weighted by molar-refractivity contribution is -0.153. The molecule has 0 fully saturated rings. The fraction of sp³-hybridized carbons (Fsp3) is 0.167. The number of aromatic nitrogens is 3. The fourth-order valence-electron chi connectivity index (χ4n) is 2.38. The quantitative estimate of drug-likeness (QED) is 0.404. The Bertz CT molecular complexity index is 1120. The van der Waals surface area contributed by atoms with Crippen LogP contribution in [0.5, 0.6) is 5.75 Å². The number of hydrogen-bond acceptors (Lipinski definition) is 7. The summed E-state index contributed by atoms with van der Waals surface area (Å²) in [6, 6.07) is 6.45. The summed E-state index contributed by atoms with van der Waals surface area (Å²) in [5.41, 5.74) is -0.0801. The molecule has 0 bridgehead atoms. The topological polar surface area (TPSA) is 101 Å². The van der Waals surface area contributed by atoms with Crippen molar-refractivity contribution in [2.24, 2.45) is 0 Å². The van der Waals surface area contributed by atoms with Gasteiger partial charge in [-0.15, -0.1) is 0 Å². The highest BCUT2D eigenvalue weighted by atomic mass is 35.5. The number of alkyl halides is 3. The lowest BCUT2D eigenvalue weighted by Crippen LogP contribution is -2.20. The molecule has 1 atom stereocenters.